The van der Waals surface area contributed by atoms with E-state index in [-0.39, 0.29) is 5.78 Å². The normalized spacial score (nSPS) is 24.2. The van der Waals surface area contributed by atoms with E-state index in [1.54, 1.807) is 0 Å². The van der Waals surface area contributed by atoms with Gasteiger partial charge < -0.3 is 0 Å². The molecule has 27 heavy (non-hydrogen) atoms. The number of carbonyl (C=O) groups excluding carboxylic acids is 1. The van der Waals surface area contributed by atoms with E-state index < -0.39 is 5.41 Å². The van der Waals surface area contributed by atoms with Crippen molar-refractivity contribution >= 4 is 40.3 Å². The van der Waals surface area contributed by atoms with Crippen LogP contribution in [0, 0.1) is 11.3 Å². The Morgan fingerprint density at radius 2 is 2.19 bits per heavy atom. The average molecular weight is 375 g/mol. The van der Waals surface area contributed by atoms with Crippen LogP contribution in [-0.2, 0) is 10.2 Å². The monoisotopic (exact) mass is 374 g/mol. The number of ketones is 1. The third-order valence-corrected chi connectivity index (χ3v) is 6.32. The van der Waals surface area contributed by atoms with Crippen molar-refractivity contribution in [3.8, 4) is 6.07 Å². The fourth-order valence-corrected chi connectivity index (χ4v) is 4.79. The van der Waals surface area contributed by atoms with Crippen molar-refractivity contribution < 1.29 is 4.79 Å². The van der Waals surface area contributed by atoms with Crippen LogP contribution in [0.4, 0.5) is 5.69 Å². The molecule has 1 spiro atoms. The van der Waals surface area contributed by atoms with E-state index in [0.717, 1.165) is 59.4 Å². The number of Topliss-reactive ketones (excluding diaryl/α,β-unsaturated/α-hetero) is 1. The molecule has 2 aliphatic carbocycles. The van der Waals surface area contributed by atoms with Crippen LogP contribution in [-0.4, -0.2) is 16.9 Å². The van der Waals surface area contributed by atoms with Gasteiger partial charge in [0.2, 0.25) is 0 Å². The first kappa shape index (κ1) is 18.0. The minimum absolute atomic E-state index is 0.286. The van der Waals surface area contributed by atoms with Crippen LogP contribution in [0.25, 0.3) is 5.57 Å². The van der Waals surface area contributed by atoms with Crippen molar-refractivity contribution in [3.05, 3.63) is 46.5 Å². The minimum atomic E-state index is -0.541. The number of allylic oxidation sites excluding steroid dienone is 4. The fraction of sp³-hybridized carbons (Fsp3) is 0.391. The minimum Gasteiger partial charge on any atom is -0.298 e. The molecule has 1 fully saturated rings. The predicted octanol–water partition coefficient (Wildman–Crippen LogP) is 5.56. The second kappa shape index (κ2) is 6.98. The lowest BCUT2D eigenvalue weighted by Gasteiger charge is -2.30. The summed E-state index contributed by atoms with van der Waals surface area (Å²) in [6.45, 7) is 2.16. The smallest absolute Gasteiger partial charge is 0.148 e. The summed E-state index contributed by atoms with van der Waals surface area (Å²) in [5.74, 6) is 0.286. The highest BCUT2D eigenvalue weighted by Crippen LogP contribution is 2.46. The van der Waals surface area contributed by atoms with E-state index in [1.807, 2.05) is 18.4 Å². The third kappa shape index (κ3) is 2.91. The van der Waals surface area contributed by atoms with Gasteiger partial charge in [-0.15, -0.1) is 0 Å². The molecule has 3 nitrogen and oxygen atoms in total. The van der Waals surface area contributed by atoms with Crippen LogP contribution in [0.2, 0.25) is 0 Å². The van der Waals surface area contributed by atoms with Crippen LogP contribution >= 0.6 is 12.2 Å². The van der Waals surface area contributed by atoms with Crippen molar-refractivity contribution in [1.29, 1.82) is 5.26 Å². The van der Waals surface area contributed by atoms with Crippen molar-refractivity contribution in [1.82, 2.24) is 0 Å². The zero-order chi connectivity index (χ0) is 19.0. The molecule has 0 aromatic heterocycles. The van der Waals surface area contributed by atoms with Crippen molar-refractivity contribution in [2.24, 2.45) is 4.99 Å². The summed E-state index contributed by atoms with van der Waals surface area (Å²) in [7, 11) is 0. The summed E-state index contributed by atoms with van der Waals surface area (Å²) in [6.07, 6.45) is 9.98. The number of hydrogen-bond donors (Lipinski definition) is 0. The highest BCUT2D eigenvalue weighted by molar-refractivity contribution is 7.80. The molecule has 1 aromatic carbocycles. The molecule has 0 saturated heterocycles. The lowest BCUT2D eigenvalue weighted by Crippen LogP contribution is -2.38. The Bertz CT molecular complexity index is 977. The van der Waals surface area contributed by atoms with Gasteiger partial charge in [0, 0.05) is 23.9 Å². The Morgan fingerprint density at radius 3 is 2.93 bits per heavy atom. The molecule has 136 valence electrons. The molecule has 0 amide bonds. The zero-order valence-electron chi connectivity index (χ0n) is 15.5. The Balaban J connectivity index is 1.83. The molecule has 1 heterocycles. The van der Waals surface area contributed by atoms with Crippen LogP contribution in [0.5, 0.6) is 0 Å². The van der Waals surface area contributed by atoms with E-state index in [9.17, 15) is 10.1 Å². The Hall–Kier alpha value is -2.38. The topological polar surface area (TPSA) is 53.2 Å². The number of aliphatic imine (C=N–C) groups is 1. The fourth-order valence-electron chi connectivity index (χ4n) is 4.51. The molecule has 1 aromatic rings. The quantitative estimate of drug-likeness (QED) is 0.651. The number of rotatable bonds is 3. The summed E-state index contributed by atoms with van der Waals surface area (Å²) in [6, 6.07) is 8.45. The molecule has 1 saturated carbocycles. The van der Waals surface area contributed by atoms with Gasteiger partial charge in [0.1, 0.15) is 11.9 Å². The first-order valence-electron chi connectivity index (χ1n) is 9.69. The molecular weight excluding hydrogens is 352 g/mol. The van der Waals surface area contributed by atoms with Gasteiger partial charge in [-0.05, 0) is 54.2 Å². The molecule has 0 bridgehead atoms. The van der Waals surface area contributed by atoms with Gasteiger partial charge in [0.05, 0.1) is 16.7 Å². The lowest BCUT2D eigenvalue weighted by atomic mass is 9.69. The first-order valence-corrected chi connectivity index (χ1v) is 10.1. The third-order valence-electron chi connectivity index (χ3n) is 5.95. The van der Waals surface area contributed by atoms with Gasteiger partial charge >= 0.3 is 0 Å². The number of fused-ring (bicyclic) bond motifs is 2. The number of hydrogen-bond acceptors (Lipinski definition) is 4. The molecule has 4 heteroatoms. The average Bonchev–Trinajstić information content (AvgIpc) is 3.03. The van der Waals surface area contributed by atoms with Crippen LogP contribution in [0.3, 0.4) is 0 Å². The van der Waals surface area contributed by atoms with E-state index in [2.05, 4.69) is 30.1 Å². The number of thiocarbonyl (C=S) groups is 1. The van der Waals surface area contributed by atoms with Gasteiger partial charge in [-0.2, -0.15) is 5.26 Å². The van der Waals surface area contributed by atoms with Gasteiger partial charge in [-0.1, -0.05) is 43.6 Å². The molecule has 0 N–H and O–H groups in total. The van der Waals surface area contributed by atoms with Crippen LogP contribution in [0.15, 0.2) is 40.4 Å². The van der Waals surface area contributed by atoms with E-state index >= 15 is 0 Å². The van der Waals surface area contributed by atoms with Crippen molar-refractivity contribution in [2.75, 3.05) is 0 Å². The Kier molecular flexibility index (Phi) is 4.65. The second-order valence-electron chi connectivity index (χ2n) is 7.63. The number of carbonyl (C=O) groups is 1. The number of benzene rings is 1. The van der Waals surface area contributed by atoms with E-state index in [1.165, 1.54) is 5.57 Å². The van der Waals surface area contributed by atoms with Gasteiger partial charge in [0.25, 0.3) is 0 Å². The van der Waals surface area contributed by atoms with Gasteiger partial charge in [0.15, 0.2) is 0 Å². The maximum Gasteiger partial charge on any atom is 0.148 e. The molecule has 1 unspecified atom stereocenters. The Labute approximate surface area is 165 Å². The SMILES string of the molecule is CCCC1=C(c2ccc3c(c2)C2(C=N3)CCCCC2=O)C=C(C#N)C(=S)C1. The zero-order valence-corrected chi connectivity index (χ0v) is 16.4. The molecule has 1 atom stereocenters. The summed E-state index contributed by atoms with van der Waals surface area (Å²) >= 11 is 5.42. The van der Waals surface area contributed by atoms with E-state index in [0.29, 0.717) is 18.4 Å². The summed E-state index contributed by atoms with van der Waals surface area (Å²) < 4.78 is 0. The molecule has 1 aliphatic heterocycles. The maximum atomic E-state index is 12.8. The van der Waals surface area contributed by atoms with Crippen LogP contribution < -0.4 is 0 Å². The standard InChI is InChI=1S/C23H22N2OS/c1-2-5-15-12-21(27)17(13-24)10-18(15)16-7-8-20-19(11-16)23(14-25-20)9-4-3-6-22(23)26/h7-8,10-11,14H,2-6,9,12H2,1H3. The molecular formula is C23H22N2OS. The summed E-state index contributed by atoms with van der Waals surface area (Å²) in [5, 5.41) is 9.44. The van der Waals surface area contributed by atoms with Gasteiger partial charge in [-0.25, -0.2) is 0 Å². The predicted molar refractivity (Wildman–Crippen MR) is 112 cm³/mol. The lowest BCUT2D eigenvalue weighted by molar-refractivity contribution is -0.123. The summed E-state index contributed by atoms with van der Waals surface area (Å²) in [5.41, 5.74) is 5.42. The molecule has 4 rings (SSSR count). The second-order valence-corrected chi connectivity index (χ2v) is 8.12. The highest BCUT2D eigenvalue weighted by Gasteiger charge is 2.44. The highest BCUT2D eigenvalue weighted by atomic mass is 32.1. The van der Waals surface area contributed by atoms with Gasteiger partial charge in [-0.3, -0.25) is 9.79 Å². The van der Waals surface area contributed by atoms with Crippen molar-refractivity contribution in [3.63, 3.8) is 0 Å². The van der Waals surface area contributed by atoms with Crippen LogP contribution in [0.1, 0.15) is 63.0 Å². The molecule has 0 radical (unpaired) electrons. The van der Waals surface area contributed by atoms with E-state index in [4.69, 9.17) is 12.2 Å². The van der Waals surface area contributed by atoms with Crippen molar-refractivity contribution in [2.45, 2.75) is 57.3 Å². The molecule has 3 aliphatic rings. The first-order chi connectivity index (χ1) is 13.1. The maximum absolute atomic E-state index is 12.8. The summed E-state index contributed by atoms with van der Waals surface area (Å²) in [4.78, 5) is 18.1. The largest absolute Gasteiger partial charge is 0.298 e. The number of nitrogens with zero attached hydrogens (tertiary/aromatic N) is 2. The number of nitriles is 1. The Morgan fingerprint density at radius 1 is 1.33 bits per heavy atom.